The van der Waals surface area contributed by atoms with E-state index in [4.69, 9.17) is 9.47 Å². The predicted molar refractivity (Wildman–Crippen MR) is 124 cm³/mol. The molecule has 0 fully saturated rings. The lowest BCUT2D eigenvalue weighted by atomic mass is 9.87. The van der Waals surface area contributed by atoms with E-state index in [1.165, 1.54) is 31.2 Å². The highest BCUT2D eigenvalue weighted by Crippen LogP contribution is 2.25. The number of hydrogen-bond acceptors (Lipinski definition) is 3. The summed E-state index contributed by atoms with van der Waals surface area (Å²) in [6.45, 7) is 12.5. The maximum Gasteiger partial charge on any atom is 0.121 e. The van der Waals surface area contributed by atoms with Crippen LogP contribution in [0.4, 0.5) is 5.69 Å². The van der Waals surface area contributed by atoms with Crippen LogP contribution in [0.1, 0.15) is 72.3 Å². The van der Waals surface area contributed by atoms with Gasteiger partial charge in [0, 0.05) is 11.8 Å². The Labute approximate surface area is 177 Å². The molecular formula is C26H39NO2. The second kappa shape index (κ2) is 11.7. The zero-order chi connectivity index (χ0) is 21.1. The summed E-state index contributed by atoms with van der Waals surface area (Å²) in [6, 6.07) is 16.6. The highest BCUT2D eigenvalue weighted by molar-refractivity contribution is 5.48. The van der Waals surface area contributed by atoms with Gasteiger partial charge in [-0.25, -0.2) is 0 Å². The molecule has 3 heteroatoms. The third-order valence-corrected chi connectivity index (χ3v) is 5.00. The standard InChI is InChI=1S/C26H39NO2/c1-6-7-8-9-10-18-28-25-13-11-12-23(19-25)27-20-21(2)29-24-16-14-22(15-17-24)26(3,4)5/h11-17,19,21,27H,6-10,18,20H2,1-5H3. The van der Waals surface area contributed by atoms with Gasteiger partial charge in [-0.05, 0) is 48.6 Å². The van der Waals surface area contributed by atoms with Gasteiger partial charge in [-0.15, -0.1) is 0 Å². The summed E-state index contributed by atoms with van der Waals surface area (Å²) in [5.41, 5.74) is 2.54. The van der Waals surface area contributed by atoms with E-state index in [-0.39, 0.29) is 11.5 Å². The van der Waals surface area contributed by atoms with E-state index < -0.39 is 0 Å². The minimum Gasteiger partial charge on any atom is -0.494 e. The van der Waals surface area contributed by atoms with Crippen molar-refractivity contribution in [1.82, 2.24) is 0 Å². The average Bonchev–Trinajstić information content (AvgIpc) is 2.69. The van der Waals surface area contributed by atoms with Gasteiger partial charge in [-0.1, -0.05) is 71.6 Å². The van der Waals surface area contributed by atoms with E-state index in [2.05, 4.69) is 76.3 Å². The van der Waals surface area contributed by atoms with Crippen molar-refractivity contribution in [2.24, 2.45) is 0 Å². The lowest BCUT2D eigenvalue weighted by Crippen LogP contribution is -2.22. The van der Waals surface area contributed by atoms with E-state index in [1.54, 1.807) is 0 Å². The number of hydrogen-bond donors (Lipinski definition) is 1. The fourth-order valence-corrected chi connectivity index (χ4v) is 3.16. The first-order valence-corrected chi connectivity index (χ1v) is 11.1. The van der Waals surface area contributed by atoms with Gasteiger partial charge in [0.1, 0.15) is 17.6 Å². The number of unbranched alkanes of at least 4 members (excludes halogenated alkanes) is 4. The lowest BCUT2D eigenvalue weighted by Gasteiger charge is -2.20. The molecule has 0 aliphatic carbocycles. The SMILES string of the molecule is CCCCCCCOc1cccc(NCC(C)Oc2ccc(C(C)(C)C)cc2)c1. The summed E-state index contributed by atoms with van der Waals surface area (Å²) < 4.78 is 11.9. The molecule has 3 nitrogen and oxygen atoms in total. The molecule has 160 valence electrons. The number of anilines is 1. The Morgan fingerprint density at radius 3 is 2.31 bits per heavy atom. The molecule has 2 aromatic rings. The Morgan fingerprint density at radius 1 is 0.897 bits per heavy atom. The second-order valence-electron chi connectivity index (χ2n) is 8.87. The molecule has 0 saturated carbocycles. The highest BCUT2D eigenvalue weighted by Gasteiger charge is 2.13. The summed E-state index contributed by atoms with van der Waals surface area (Å²) >= 11 is 0. The van der Waals surface area contributed by atoms with Crippen LogP contribution in [0.15, 0.2) is 48.5 Å². The van der Waals surface area contributed by atoms with E-state index in [1.807, 2.05) is 12.1 Å². The van der Waals surface area contributed by atoms with Crippen molar-refractivity contribution in [2.45, 2.75) is 78.2 Å². The van der Waals surface area contributed by atoms with Gasteiger partial charge in [0.2, 0.25) is 0 Å². The Balaban J connectivity index is 1.74. The van der Waals surface area contributed by atoms with E-state index >= 15 is 0 Å². The quantitative estimate of drug-likeness (QED) is 0.384. The number of benzene rings is 2. The molecule has 2 aromatic carbocycles. The van der Waals surface area contributed by atoms with Crippen LogP contribution in [0.2, 0.25) is 0 Å². The Morgan fingerprint density at radius 2 is 1.62 bits per heavy atom. The van der Waals surface area contributed by atoms with Crippen molar-refractivity contribution >= 4 is 5.69 Å². The van der Waals surface area contributed by atoms with Gasteiger partial charge in [-0.2, -0.15) is 0 Å². The maximum absolute atomic E-state index is 6.05. The zero-order valence-corrected chi connectivity index (χ0v) is 19.0. The van der Waals surface area contributed by atoms with Crippen molar-refractivity contribution in [3.05, 3.63) is 54.1 Å². The molecule has 1 atom stereocenters. The minimum absolute atomic E-state index is 0.0682. The number of nitrogens with one attached hydrogen (secondary N) is 1. The molecule has 0 aliphatic rings. The van der Waals surface area contributed by atoms with Crippen molar-refractivity contribution in [1.29, 1.82) is 0 Å². The van der Waals surface area contributed by atoms with Crippen molar-refractivity contribution in [3.8, 4) is 11.5 Å². The largest absolute Gasteiger partial charge is 0.494 e. The molecule has 0 heterocycles. The minimum atomic E-state index is 0.0682. The molecule has 2 rings (SSSR count). The van der Waals surface area contributed by atoms with Crippen LogP contribution in [-0.4, -0.2) is 19.3 Å². The first-order valence-electron chi connectivity index (χ1n) is 11.1. The van der Waals surface area contributed by atoms with Crippen LogP contribution < -0.4 is 14.8 Å². The summed E-state index contributed by atoms with van der Waals surface area (Å²) in [5, 5.41) is 3.45. The van der Waals surface area contributed by atoms with Crippen LogP contribution in [0.3, 0.4) is 0 Å². The topological polar surface area (TPSA) is 30.5 Å². The van der Waals surface area contributed by atoms with E-state index in [0.29, 0.717) is 0 Å². The molecule has 0 radical (unpaired) electrons. The fraction of sp³-hybridized carbons (Fsp3) is 0.538. The highest BCUT2D eigenvalue weighted by atomic mass is 16.5. The van der Waals surface area contributed by atoms with Crippen LogP contribution in [0, 0.1) is 0 Å². The third kappa shape index (κ3) is 8.81. The van der Waals surface area contributed by atoms with Crippen molar-refractivity contribution < 1.29 is 9.47 Å². The second-order valence-corrected chi connectivity index (χ2v) is 8.87. The number of ether oxygens (including phenoxy) is 2. The summed E-state index contributed by atoms with van der Waals surface area (Å²) in [7, 11) is 0. The molecule has 0 spiro atoms. The molecule has 0 saturated heterocycles. The van der Waals surface area contributed by atoms with Crippen molar-refractivity contribution in [2.75, 3.05) is 18.5 Å². The van der Waals surface area contributed by atoms with Gasteiger partial charge < -0.3 is 14.8 Å². The van der Waals surface area contributed by atoms with Gasteiger partial charge >= 0.3 is 0 Å². The van der Waals surface area contributed by atoms with Gasteiger partial charge in [0.25, 0.3) is 0 Å². The van der Waals surface area contributed by atoms with Crippen LogP contribution in [0.25, 0.3) is 0 Å². The van der Waals surface area contributed by atoms with E-state index in [9.17, 15) is 0 Å². The smallest absolute Gasteiger partial charge is 0.121 e. The summed E-state index contributed by atoms with van der Waals surface area (Å²) in [4.78, 5) is 0. The molecule has 1 unspecified atom stereocenters. The average molecular weight is 398 g/mol. The molecule has 0 aliphatic heterocycles. The Kier molecular flexibility index (Phi) is 9.37. The number of rotatable bonds is 12. The van der Waals surface area contributed by atoms with Crippen molar-refractivity contribution in [3.63, 3.8) is 0 Å². The predicted octanol–water partition coefficient (Wildman–Crippen LogP) is 7.21. The van der Waals surface area contributed by atoms with Crippen LogP contribution >= 0.6 is 0 Å². The lowest BCUT2D eigenvalue weighted by molar-refractivity contribution is 0.234. The maximum atomic E-state index is 6.05. The van der Waals surface area contributed by atoms with Crippen LogP contribution in [0.5, 0.6) is 11.5 Å². The molecule has 0 aromatic heterocycles. The monoisotopic (exact) mass is 397 g/mol. The van der Waals surface area contributed by atoms with Gasteiger partial charge in [0.05, 0.1) is 13.2 Å². The molecule has 0 bridgehead atoms. The van der Waals surface area contributed by atoms with Gasteiger partial charge in [-0.3, -0.25) is 0 Å². The fourth-order valence-electron chi connectivity index (χ4n) is 3.16. The van der Waals surface area contributed by atoms with E-state index in [0.717, 1.165) is 36.8 Å². The Hall–Kier alpha value is -2.16. The molecule has 0 amide bonds. The first-order chi connectivity index (χ1) is 13.9. The normalized spacial score (nSPS) is 12.4. The summed E-state index contributed by atoms with van der Waals surface area (Å²) in [6.07, 6.45) is 6.34. The third-order valence-electron chi connectivity index (χ3n) is 5.00. The molecule has 29 heavy (non-hydrogen) atoms. The van der Waals surface area contributed by atoms with Crippen LogP contribution in [-0.2, 0) is 5.41 Å². The first kappa shape index (κ1) is 23.1. The zero-order valence-electron chi connectivity index (χ0n) is 19.0. The Bertz CT molecular complexity index is 703. The molecule has 1 N–H and O–H groups in total. The van der Waals surface area contributed by atoms with Gasteiger partial charge in [0.15, 0.2) is 0 Å². The molecular weight excluding hydrogens is 358 g/mol. The summed E-state index contributed by atoms with van der Waals surface area (Å²) in [5.74, 6) is 1.84.